The van der Waals surface area contributed by atoms with Crippen LogP contribution in [0.25, 0.3) is 0 Å². The fraction of sp³-hybridized carbons (Fsp3) is 0.125. The minimum Gasteiger partial charge on any atom is -0.489 e. The number of benzene rings is 3. The monoisotopic (exact) mass is 400 g/mol. The van der Waals surface area contributed by atoms with Gasteiger partial charge in [0.2, 0.25) is 0 Å². The number of carboxylic acid groups (broad SMARTS) is 1. The molecule has 0 fully saturated rings. The van der Waals surface area contributed by atoms with Crippen molar-refractivity contribution in [3.05, 3.63) is 101 Å². The minimum absolute atomic E-state index is 0.135. The maximum absolute atomic E-state index is 12.3. The molecule has 0 radical (unpaired) electrons. The maximum Gasteiger partial charge on any atom is 0.326 e. The van der Waals surface area contributed by atoms with Crippen molar-refractivity contribution in [2.24, 2.45) is 0 Å². The van der Waals surface area contributed by atoms with Gasteiger partial charge in [-0.05, 0) is 47.5 Å². The van der Waals surface area contributed by atoms with E-state index in [9.17, 15) is 14.7 Å². The van der Waals surface area contributed by atoms with Gasteiger partial charge in [-0.25, -0.2) is 4.79 Å². The molecule has 0 aliphatic rings. The van der Waals surface area contributed by atoms with Crippen molar-refractivity contribution in [2.45, 2.75) is 19.1 Å². The summed E-state index contributed by atoms with van der Waals surface area (Å²) in [7, 11) is 0. The van der Waals surface area contributed by atoms with Crippen molar-refractivity contribution >= 4 is 11.9 Å². The van der Waals surface area contributed by atoms with E-state index in [4.69, 9.17) is 10.00 Å². The Morgan fingerprint density at radius 3 is 2.20 bits per heavy atom. The van der Waals surface area contributed by atoms with Gasteiger partial charge in [-0.2, -0.15) is 5.26 Å². The molecule has 0 heterocycles. The van der Waals surface area contributed by atoms with Crippen LogP contribution in [0.1, 0.15) is 27.0 Å². The first-order chi connectivity index (χ1) is 14.5. The van der Waals surface area contributed by atoms with Crippen LogP contribution in [-0.4, -0.2) is 23.0 Å². The van der Waals surface area contributed by atoms with Crippen LogP contribution in [0.15, 0.2) is 78.9 Å². The first-order valence-corrected chi connectivity index (χ1v) is 9.34. The van der Waals surface area contributed by atoms with Gasteiger partial charge < -0.3 is 15.2 Å². The first-order valence-electron chi connectivity index (χ1n) is 9.34. The largest absolute Gasteiger partial charge is 0.489 e. The fourth-order valence-electron chi connectivity index (χ4n) is 2.84. The second-order valence-electron chi connectivity index (χ2n) is 6.68. The van der Waals surface area contributed by atoms with Crippen LogP contribution in [-0.2, 0) is 17.8 Å². The summed E-state index contributed by atoms with van der Waals surface area (Å²) in [5, 5.41) is 20.8. The highest BCUT2D eigenvalue weighted by Crippen LogP contribution is 2.16. The van der Waals surface area contributed by atoms with Gasteiger partial charge in [0.25, 0.3) is 5.91 Å². The summed E-state index contributed by atoms with van der Waals surface area (Å²) in [5.41, 5.74) is 2.54. The Morgan fingerprint density at radius 2 is 1.60 bits per heavy atom. The molecule has 1 atom stereocenters. The van der Waals surface area contributed by atoms with Gasteiger partial charge in [-0.15, -0.1) is 0 Å². The zero-order valence-corrected chi connectivity index (χ0v) is 16.1. The lowest BCUT2D eigenvalue weighted by Gasteiger charge is -2.15. The molecule has 0 spiro atoms. The number of nitriles is 1. The van der Waals surface area contributed by atoms with E-state index in [2.05, 4.69) is 5.32 Å². The summed E-state index contributed by atoms with van der Waals surface area (Å²) in [6.45, 7) is 0.443. The van der Waals surface area contributed by atoms with E-state index in [0.29, 0.717) is 23.5 Å². The zero-order valence-electron chi connectivity index (χ0n) is 16.1. The molecule has 0 unspecified atom stereocenters. The number of ether oxygens (including phenoxy) is 1. The van der Waals surface area contributed by atoms with Crippen LogP contribution in [0.2, 0.25) is 0 Å². The van der Waals surface area contributed by atoms with Gasteiger partial charge in [0.15, 0.2) is 0 Å². The van der Waals surface area contributed by atoms with Crippen molar-refractivity contribution in [3.8, 4) is 11.8 Å². The highest BCUT2D eigenvalue weighted by atomic mass is 16.5. The second kappa shape index (κ2) is 9.89. The van der Waals surface area contributed by atoms with Crippen molar-refractivity contribution in [3.63, 3.8) is 0 Å². The number of nitrogens with one attached hydrogen (secondary N) is 1. The predicted molar refractivity (Wildman–Crippen MR) is 111 cm³/mol. The average Bonchev–Trinajstić information content (AvgIpc) is 2.78. The Labute approximate surface area is 174 Å². The van der Waals surface area contributed by atoms with Crippen LogP contribution in [0.5, 0.6) is 5.75 Å². The quantitative estimate of drug-likeness (QED) is 0.602. The molecule has 0 bridgehead atoms. The molecule has 3 aromatic carbocycles. The molecule has 0 aromatic heterocycles. The van der Waals surface area contributed by atoms with Crippen LogP contribution < -0.4 is 10.1 Å². The lowest BCUT2D eigenvalue weighted by molar-refractivity contribution is -0.139. The summed E-state index contributed by atoms with van der Waals surface area (Å²) < 4.78 is 5.73. The molecular weight excluding hydrogens is 380 g/mol. The number of aliphatic carboxylic acids is 1. The Hall–Kier alpha value is -4.11. The summed E-state index contributed by atoms with van der Waals surface area (Å²) in [6.07, 6.45) is 0.135. The third-order valence-electron chi connectivity index (χ3n) is 4.49. The van der Waals surface area contributed by atoms with E-state index in [1.165, 1.54) is 24.3 Å². The minimum atomic E-state index is -1.12. The Morgan fingerprint density at radius 1 is 0.933 bits per heavy atom. The fourth-order valence-corrected chi connectivity index (χ4v) is 2.84. The molecule has 0 aliphatic heterocycles. The molecule has 150 valence electrons. The molecular formula is C24H20N2O4. The molecule has 30 heavy (non-hydrogen) atoms. The number of amides is 1. The van der Waals surface area contributed by atoms with Crippen LogP contribution in [0.3, 0.4) is 0 Å². The Bertz CT molecular complexity index is 1040. The smallest absolute Gasteiger partial charge is 0.326 e. The van der Waals surface area contributed by atoms with Gasteiger partial charge in [0.1, 0.15) is 18.4 Å². The Kier molecular flexibility index (Phi) is 6.80. The maximum atomic E-state index is 12.3. The predicted octanol–water partition coefficient (Wildman–Crippen LogP) is 3.56. The summed E-state index contributed by atoms with van der Waals surface area (Å²) >= 11 is 0. The number of rotatable bonds is 8. The van der Waals surface area contributed by atoms with E-state index in [0.717, 1.165) is 11.1 Å². The van der Waals surface area contributed by atoms with Crippen LogP contribution in [0, 0.1) is 11.3 Å². The highest BCUT2D eigenvalue weighted by Gasteiger charge is 2.21. The third kappa shape index (κ3) is 5.69. The Balaban J connectivity index is 1.59. The van der Waals surface area contributed by atoms with Crippen molar-refractivity contribution in [2.75, 3.05) is 0 Å². The van der Waals surface area contributed by atoms with Gasteiger partial charge in [-0.1, -0.05) is 42.5 Å². The van der Waals surface area contributed by atoms with Crippen LogP contribution >= 0.6 is 0 Å². The van der Waals surface area contributed by atoms with Crippen molar-refractivity contribution < 1.29 is 19.4 Å². The molecule has 2 N–H and O–H groups in total. The van der Waals surface area contributed by atoms with Gasteiger partial charge >= 0.3 is 5.97 Å². The van der Waals surface area contributed by atoms with Crippen molar-refractivity contribution in [1.29, 1.82) is 5.26 Å². The first kappa shape index (κ1) is 20.6. The van der Waals surface area contributed by atoms with E-state index >= 15 is 0 Å². The lowest BCUT2D eigenvalue weighted by atomic mass is 10.0. The van der Waals surface area contributed by atoms with Gasteiger partial charge in [-0.3, -0.25) is 4.79 Å². The SMILES string of the molecule is N#Cc1ccc(C(=O)N[C@H](Cc2ccc(OCc3ccccc3)cc2)C(=O)O)cc1. The van der Waals surface area contributed by atoms with Gasteiger partial charge in [0.05, 0.1) is 11.6 Å². The summed E-state index contributed by atoms with van der Waals surface area (Å²) in [5.74, 6) is -0.952. The summed E-state index contributed by atoms with van der Waals surface area (Å²) in [6, 6.07) is 23.8. The number of hydrogen-bond donors (Lipinski definition) is 2. The van der Waals surface area contributed by atoms with E-state index in [-0.39, 0.29) is 6.42 Å². The number of carboxylic acids is 1. The molecule has 3 aromatic rings. The molecule has 0 saturated carbocycles. The number of hydrogen-bond acceptors (Lipinski definition) is 4. The highest BCUT2D eigenvalue weighted by molar-refractivity contribution is 5.96. The standard InChI is InChI=1S/C24H20N2O4/c25-15-18-6-10-20(11-7-18)23(27)26-22(24(28)29)14-17-8-12-21(13-9-17)30-16-19-4-2-1-3-5-19/h1-13,22H,14,16H2,(H,26,27)(H,28,29)/t22-/m1/s1. The van der Waals surface area contributed by atoms with Crippen molar-refractivity contribution in [1.82, 2.24) is 5.32 Å². The van der Waals surface area contributed by atoms with E-state index in [1.807, 2.05) is 36.4 Å². The molecule has 6 nitrogen and oxygen atoms in total. The normalized spacial score (nSPS) is 11.2. The molecule has 0 saturated heterocycles. The van der Waals surface area contributed by atoms with E-state index < -0.39 is 17.9 Å². The van der Waals surface area contributed by atoms with Gasteiger partial charge in [0, 0.05) is 12.0 Å². The summed E-state index contributed by atoms with van der Waals surface area (Å²) in [4.78, 5) is 24.0. The molecule has 3 rings (SSSR count). The number of carbonyl (C=O) groups is 2. The van der Waals surface area contributed by atoms with Crippen LogP contribution in [0.4, 0.5) is 0 Å². The molecule has 1 amide bonds. The van der Waals surface area contributed by atoms with E-state index in [1.54, 1.807) is 24.3 Å². The molecule has 0 aliphatic carbocycles. The topological polar surface area (TPSA) is 99.4 Å². The second-order valence-corrected chi connectivity index (χ2v) is 6.68. The number of carbonyl (C=O) groups excluding carboxylic acids is 1. The lowest BCUT2D eigenvalue weighted by Crippen LogP contribution is -2.42. The molecule has 6 heteroatoms. The number of nitrogens with zero attached hydrogens (tertiary/aromatic N) is 1. The average molecular weight is 400 g/mol. The zero-order chi connectivity index (χ0) is 21.3. The third-order valence-corrected chi connectivity index (χ3v) is 4.49.